The van der Waals surface area contributed by atoms with Crippen molar-refractivity contribution in [3.8, 4) is 0 Å². The maximum Gasteiger partial charge on any atom is 0.256 e. The van der Waals surface area contributed by atoms with E-state index in [1.165, 1.54) is 6.07 Å². The molecular weight excluding hydrogens is 268 g/mol. The zero-order valence-corrected chi connectivity index (χ0v) is 12.7. The van der Waals surface area contributed by atoms with E-state index >= 15 is 0 Å². The lowest BCUT2D eigenvalue weighted by atomic mass is 10.1. The summed E-state index contributed by atoms with van der Waals surface area (Å²) >= 11 is 0. The van der Waals surface area contributed by atoms with E-state index < -0.39 is 0 Å². The highest BCUT2D eigenvalue weighted by Gasteiger charge is 2.14. The van der Waals surface area contributed by atoms with Crippen LogP contribution in [0.4, 0.5) is 5.69 Å². The minimum absolute atomic E-state index is 0.0401. The SMILES string of the molecule is CCn1cc(NC(C)c2c(C)nc(C)[nH]c2=O)ccc1=O. The fourth-order valence-electron chi connectivity index (χ4n) is 2.43. The van der Waals surface area contributed by atoms with Crippen molar-refractivity contribution >= 4 is 5.69 Å². The standard InChI is InChI=1S/C15H20N4O2/c1-5-19-8-12(6-7-13(19)20)17-10(3)14-9(2)16-11(4)18-15(14)21/h6-8,10,17H,5H2,1-4H3,(H,16,18,21). The van der Waals surface area contributed by atoms with E-state index in [2.05, 4.69) is 15.3 Å². The molecule has 6 nitrogen and oxygen atoms in total. The van der Waals surface area contributed by atoms with Gasteiger partial charge >= 0.3 is 0 Å². The number of anilines is 1. The van der Waals surface area contributed by atoms with E-state index in [9.17, 15) is 9.59 Å². The normalized spacial score (nSPS) is 12.2. The van der Waals surface area contributed by atoms with E-state index in [1.807, 2.05) is 20.8 Å². The minimum atomic E-state index is -0.204. The van der Waals surface area contributed by atoms with Gasteiger partial charge in [-0.3, -0.25) is 9.59 Å². The maximum atomic E-state index is 12.1. The van der Waals surface area contributed by atoms with Crippen LogP contribution in [0.1, 0.15) is 37.0 Å². The van der Waals surface area contributed by atoms with Crippen LogP contribution in [-0.4, -0.2) is 14.5 Å². The number of aromatic amines is 1. The van der Waals surface area contributed by atoms with Crippen molar-refractivity contribution in [2.24, 2.45) is 0 Å². The summed E-state index contributed by atoms with van der Waals surface area (Å²) in [6.07, 6.45) is 1.75. The molecule has 2 N–H and O–H groups in total. The molecule has 112 valence electrons. The summed E-state index contributed by atoms with van der Waals surface area (Å²) in [7, 11) is 0. The second kappa shape index (κ2) is 5.95. The van der Waals surface area contributed by atoms with Crippen molar-refractivity contribution < 1.29 is 0 Å². The fourth-order valence-corrected chi connectivity index (χ4v) is 2.43. The Morgan fingerprint density at radius 3 is 2.67 bits per heavy atom. The molecule has 2 aromatic heterocycles. The Labute approximate surface area is 122 Å². The van der Waals surface area contributed by atoms with Crippen LogP contribution < -0.4 is 16.4 Å². The Morgan fingerprint density at radius 2 is 2.05 bits per heavy atom. The van der Waals surface area contributed by atoms with Gasteiger partial charge < -0.3 is 14.9 Å². The number of aromatic nitrogens is 3. The fraction of sp³-hybridized carbons (Fsp3) is 0.400. The average Bonchev–Trinajstić information content (AvgIpc) is 2.39. The summed E-state index contributed by atoms with van der Waals surface area (Å²) in [5.74, 6) is 0.605. The molecule has 2 aromatic rings. The monoisotopic (exact) mass is 288 g/mol. The number of nitrogens with zero attached hydrogens (tertiary/aromatic N) is 2. The van der Waals surface area contributed by atoms with Crippen LogP contribution in [0, 0.1) is 13.8 Å². The van der Waals surface area contributed by atoms with Crippen LogP contribution >= 0.6 is 0 Å². The van der Waals surface area contributed by atoms with Crippen molar-refractivity contribution in [3.05, 3.63) is 56.1 Å². The Balaban J connectivity index is 2.32. The van der Waals surface area contributed by atoms with E-state index in [1.54, 1.807) is 23.8 Å². The van der Waals surface area contributed by atoms with Crippen LogP contribution in [-0.2, 0) is 6.54 Å². The third-order valence-corrected chi connectivity index (χ3v) is 3.40. The number of hydrogen-bond donors (Lipinski definition) is 2. The first-order valence-corrected chi connectivity index (χ1v) is 6.96. The molecule has 6 heteroatoms. The van der Waals surface area contributed by atoms with E-state index in [-0.39, 0.29) is 17.2 Å². The van der Waals surface area contributed by atoms with Crippen molar-refractivity contribution in [1.29, 1.82) is 0 Å². The summed E-state index contributed by atoms with van der Waals surface area (Å²) < 4.78 is 1.61. The topological polar surface area (TPSA) is 79.8 Å². The van der Waals surface area contributed by atoms with Gasteiger partial charge in [0.1, 0.15) is 5.82 Å². The van der Waals surface area contributed by atoms with Gasteiger partial charge in [-0.15, -0.1) is 0 Å². The van der Waals surface area contributed by atoms with Crippen LogP contribution in [0.15, 0.2) is 27.9 Å². The first kappa shape index (κ1) is 15.0. The zero-order valence-electron chi connectivity index (χ0n) is 12.7. The molecule has 2 rings (SSSR count). The number of aryl methyl sites for hydroxylation is 3. The molecule has 2 heterocycles. The van der Waals surface area contributed by atoms with Gasteiger partial charge in [0.15, 0.2) is 0 Å². The summed E-state index contributed by atoms with van der Waals surface area (Å²) in [5, 5.41) is 3.24. The smallest absolute Gasteiger partial charge is 0.256 e. The zero-order chi connectivity index (χ0) is 15.6. The van der Waals surface area contributed by atoms with Crippen molar-refractivity contribution in [2.75, 3.05) is 5.32 Å². The van der Waals surface area contributed by atoms with Gasteiger partial charge in [-0.25, -0.2) is 4.98 Å². The Morgan fingerprint density at radius 1 is 1.33 bits per heavy atom. The molecule has 0 saturated carbocycles. The van der Waals surface area contributed by atoms with Gasteiger partial charge in [-0.1, -0.05) is 0 Å². The van der Waals surface area contributed by atoms with E-state index in [0.717, 1.165) is 5.69 Å². The van der Waals surface area contributed by atoms with Crippen LogP contribution in [0.3, 0.4) is 0 Å². The lowest BCUT2D eigenvalue weighted by Gasteiger charge is -2.17. The van der Waals surface area contributed by atoms with Gasteiger partial charge in [0.05, 0.1) is 23.0 Å². The molecule has 21 heavy (non-hydrogen) atoms. The number of hydrogen-bond acceptors (Lipinski definition) is 4. The summed E-state index contributed by atoms with van der Waals surface area (Å²) in [5.41, 5.74) is 1.93. The Kier molecular flexibility index (Phi) is 4.26. The predicted octanol–water partition coefficient (Wildman–Crippen LogP) is 1.74. The highest BCUT2D eigenvalue weighted by atomic mass is 16.1. The van der Waals surface area contributed by atoms with Crippen molar-refractivity contribution in [3.63, 3.8) is 0 Å². The molecule has 0 amide bonds. The second-order valence-electron chi connectivity index (χ2n) is 5.06. The molecule has 0 fully saturated rings. The van der Waals surface area contributed by atoms with Crippen molar-refractivity contribution in [2.45, 2.75) is 40.3 Å². The largest absolute Gasteiger partial charge is 0.377 e. The number of pyridine rings is 1. The lowest BCUT2D eigenvalue weighted by Crippen LogP contribution is -2.24. The molecule has 1 unspecified atom stereocenters. The summed E-state index contributed by atoms with van der Waals surface area (Å²) in [6.45, 7) is 7.99. The van der Waals surface area contributed by atoms with Gasteiger partial charge in [0, 0.05) is 18.8 Å². The molecule has 0 bridgehead atoms. The molecule has 0 saturated heterocycles. The highest BCUT2D eigenvalue weighted by Crippen LogP contribution is 2.17. The van der Waals surface area contributed by atoms with Crippen molar-refractivity contribution in [1.82, 2.24) is 14.5 Å². The Bertz CT molecular complexity index is 761. The summed E-state index contributed by atoms with van der Waals surface area (Å²) in [4.78, 5) is 30.7. The number of H-pyrrole nitrogens is 1. The predicted molar refractivity (Wildman–Crippen MR) is 82.7 cm³/mol. The highest BCUT2D eigenvalue weighted by molar-refractivity contribution is 5.43. The molecule has 0 aliphatic heterocycles. The molecule has 0 spiro atoms. The molecule has 0 aromatic carbocycles. The quantitative estimate of drug-likeness (QED) is 0.898. The van der Waals surface area contributed by atoms with Crippen LogP contribution in [0.2, 0.25) is 0 Å². The van der Waals surface area contributed by atoms with Gasteiger partial charge in [-0.05, 0) is 33.8 Å². The Hall–Kier alpha value is -2.37. The van der Waals surface area contributed by atoms with Gasteiger partial charge in [-0.2, -0.15) is 0 Å². The maximum absolute atomic E-state index is 12.1. The lowest BCUT2D eigenvalue weighted by molar-refractivity contribution is 0.724. The third kappa shape index (κ3) is 3.21. The molecular formula is C15H20N4O2. The van der Waals surface area contributed by atoms with Crippen LogP contribution in [0.5, 0.6) is 0 Å². The van der Waals surface area contributed by atoms with Gasteiger partial charge in [0.25, 0.3) is 11.1 Å². The molecule has 0 aliphatic carbocycles. The second-order valence-corrected chi connectivity index (χ2v) is 5.06. The number of rotatable bonds is 4. The average molecular weight is 288 g/mol. The molecule has 1 atom stereocenters. The van der Waals surface area contributed by atoms with Crippen LogP contribution in [0.25, 0.3) is 0 Å². The first-order chi connectivity index (χ1) is 9.92. The minimum Gasteiger partial charge on any atom is -0.377 e. The van der Waals surface area contributed by atoms with E-state index in [4.69, 9.17) is 0 Å². The summed E-state index contributed by atoms with van der Waals surface area (Å²) in [6, 6.07) is 3.03. The number of nitrogens with one attached hydrogen (secondary N) is 2. The first-order valence-electron chi connectivity index (χ1n) is 6.96. The van der Waals surface area contributed by atoms with Gasteiger partial charge in [0.2, 0.25) is 0 Å². The molecule has 0 radical (unpaired) electrons. The van der Waals surface area contributed by atoms with E-state index in [0.29, 0.717) is 23.6 Å². The third-order valence-electron chi connectivity index (χ3n) is 3.40. The molecule has 0 aliphatic rings.